The summed E-state index contributed by atoms with van der Waals surface area (Å²) in [6.45, 7) is 5.35. The van der Waals surface area contributed by atoms with Crippen LogP contribution in [0.15, 0.2) is 12.1 Å². The maximum absolute atomic E-state index is 6.16. The fourth-order valence-corrected chi connectivity index (χ4v) is 3.99. The zero-order chi connectivity index (χ0) is 15.2. The smallest absolute Gasteiger partial charge is 0.143 e. The summed E-state index contributed by atoms with van der Waals surface area (Å²) in [5.74, 6) is 1.95. The average molecular weight is 312 g/mol. The first kappa shape index (κ1) is 14.8. The molecule has 1 aromatic rings. The number of hydrogen-bond donors (Lipinski definition) is 1. The van der Waals surface area contributed by atoms with Gasteiger partial charge >= 0.3 is 0 Å². The third-order valence-electron chi connectivity index (χ3n) is 4.89. The standard InChI is InChI=1S/C16H22ClNO3/c1-16(2)14(9-5-6-21-15(9)16)18-11-8-12(19-3)10(17)7-13(11)20-4/h7-9,14-15,18H,5-6H2,1-4H3. The lowest BCUT2D eigenvalue weighted by Gasteiger charge is -2.55. The zero-order valence-corrected chi connectivity index (χ0v) is 13.7. The van der Waals surface area contributed by atoms with Crippen molar-refractivity contribution in [3.63, 3.8) is 0 Å². The van der Waals surface area contributed by atoms with E-state index >= 15 is 0 Å². The zero-order valence-electron chi connectivity index (χ0n) is 12.9. The molecule has 3 rings (SSSR count). The first-order chi connectivity index (χ1) is 9.98. The number of rotatable bonds is 4. The van der Waals surface area contributed by atoms with Gasteiger partial charge in [-0.05, 0) is 6.42 Å². The number of hydrogen-bond acceptors (Lipinski definition) is 4. The number of ether oxygens (including phenoxy) is 3. The summed E-state index contributed by atoms with van der Waals surface area (Å²) < 4.78 is 16.6. The first-order valence-corrected chi connectivity index (χ1v) is 7.66. The Morgan fingerprint density at radius 1 is 1.24 bits per heavy atom. The van der Waals surface area contributed by atoms with E-state index in [1.807, 2.05) is 6.07 Å². The van der Waals surface area contributed by atoms with Crippen LogP contribution in [0, 0.1) is 11.3 Å². The largest absolute Gasteiger partial charge is 0.495 e. The van der Waals surface area contributed by atoms with E-state index in [9.17, 15) is 0 Å². The van der Waals surface area contributed by atoms with Gasteiger partial charge in [0.1, 0.15) is 11.5 Å². The van der Waals surface area contributed by atoms with Gasteiger partial charge in [0.25, 0.3) is 0 Å². The minimum absolute atomic E-state index is 0.110. The molecule has 1 aliphatic carbocycles. The maximum atomic E-state index is 6.16. The molecule has 0 aromatic heterocycles. The normalized spacial score (nSPS) is 29.5. The summed E-state index contributed by atoms with van der Waals surface area (Å²) in [7, 11) is 3.27. The highest BCUT2D eigenvalue weighted by molar-refractivity contribution is 6.32. The molecule has 5 heteroatoms. The molecule has 116 valence electrons. The predicted molar refractivity (Wildman–Crippen MR) is 83.6 cm³/mol. The van der Waals surface area contributed by atoms with Crippen LogP contribution >= 0.6 is 11.6 Å². The van der Waals surface area contributed by atoms with Crippen LogP contribution in [0.1, 0.15) is 20.3 Å². The Balaban J connectivity index is 1.87. The molecule has 0 amide bonds. The molecular formula is C16H22ClNO3. The molecule has 3 atom stereocenters. The maximum Gasteiger partial charge on any atom is 0.143 e. The van der Waals surface area contributed by atoms with Crippen molar-refractivity contribution in [2.24, 2.45) is 11.3 Å². The number of benzene rings is 1. The second-order valence-electron chi connectivity index (χ2n) is 6.37. The lowest BCUT2D eigenvalue weighted by Crippen LogP contribution is -2.63. The first-order valence-electron chi connectivity index (χ1n) is 7.28. The number of nitrogens with one attached hydrogen (secondary N) is 1. The second-order valence-corrected chi connectivity index (χ2v) is 6.78. The van der Waals surface area contributed by atoms with Gasteiger partial charge in [0.05, 0.1) is 31.0 Å². The molecule has 1 aliphatic heterocycles. The number of fused-ring (bicyclic) bond motifs is 1. The topological polar surface area (TPSA) is 39.7 Å². The van der Waals surface area contributed by atoms with Crippen molar-refractivity contribution in [3.8, 4) is 11.5 Å². The van der Waals surface area contributed by atoms with Gasteiger partial charge in [-0.1, -0.05) is 25.4 Å². The molecule has 3 unspecified atom stereocenters. The van der Waals surface area contributed by atoms with Crippen LogP contribution in [-0.2, 0) is 4.74 Å². The van der Waals surface area contributed by atoms with E-state index in [4.69, 9.17) is 25.8 Å². The van der Waals surface area contributed by atoms with E-state index in [-0.39, 0.29) is 5.41 Å². The molecule has 1 saturated heterocycles. The van der Waals surface area contributed by atoms with E-state index < -0.39 is 0 Å². The van der Waals surface area contributed by atoms with Gasteiger partial charge in [0, 0.05) is 36.1 Å². The van der Waals surface area contributed by atoms with Crippen LogP contribution in [-0.4, -0.2) is 33.0 Å². The molecular weight excluding hydrogens is 290 g/mol. The van der Waals surface area contributed by atoms with Crippen molar-refractivity contribution in [3.05, 3.63) is 17.2 Å². The van der Waals surface area contributed by atoms with E-state index in [0.29, 0.717) is 28.8 Å². The third-order valence-corrected chi connectivity index (χ3v) is 5.18. The molecule has 2 aliphatic rings. The summed E-state index contributed by atoms with van der Waals surface area (Å²) in [6.07, 6.45) is 1.47. The lowest BCUT2D eigenvalue weighted by molar-refractivity contribution is -0.0923. The van der Waals surface area contributed by atoms with E-state index in [1.54, 1.807) is 20.3 Å². The quantitative estimate of drug-likeness (QED) is 0.922. The fraction of sp³-hybridized carbons (Fsp3) is 0.625. The molecule has 4 nitrogen and oxygen atoms in total. The minimum Gasteiger partial charge on any atom is -0.495 e. The Hall–Kier alpha value is -1.13. The van der Waals surface area contributed by atoms with Crippen LogP contribution in [0.2, 0.25) is 5.02 Å². The Morgan fingerprint density at radius 2 is 1.95 bits per heavy atom. The predicted octanol–water partition coefficient (Wildman–Crippen LogP) is 3.58. The van der Waals surface area contributed by atoms with Crippen molar-refractivity contribution in [2.45, 2.75) is 32.4 Å². The summed E-state index contributed by atoms with van der Waals surface area (Å²) in [5, 5.41) is 4.17. The molecule has 2 fully saturated rings. The van der Waals surface area contributed by atoms with Crippen LogP contribution in [0.5, 0.6) is 11.5 Å². The number of anilines is 1. The fourth-order valence-electron chi connectivity index (χ4n) is 3.76. The van der Waals surface area contributed by atoms with E-state index in [0.717, 1.165) is 24.5 Å². The van der Waals surface area contributed by atoms with Crippen molar-refractivity contribution in [1.29, 1.82) is 0 Å². The van der Waals surface area contributed by atoms with E-state index in [1.165, 1.54) is 0 Å². The lowest BCUT2D eigenvalue weighted by atomic mass is 9.57. The van der Waals surface area contributed by atoms with Gasteiger partial charge in [0.2, 0.25) is 0 Å². The Kier molecular flexibility index (Phi) is 3.70. The summed E-state index contributed by atoms with van der Waals surface area (Å²) in [5.41, 5.74) is 1.03. The van der Waals surface area contributed by atoms with Crippen LogP contribution in [0.25, 0.3) is 0 Å². The monoisotopic (exact) mass is 311 g/mol. The highest BCUT2D eigenvalue weighted by Gasteiger charge is 2.59. The van der Waals surface area contributed by atoms with Gasteiger partial charge < -0.3 is 19.5 Å². The minimum atomic E-state index is 0.110. The van der Waals surface area contributed by atoms with Crippen LogP contribution < -0.4 is 14.8 Å². The molecule has 0 bridgehead atoms. The molecule has 1 N–H and O–H groups in total. The molecule has 1 heterocycles. The van der Waals surface area contributed by atoms with Crippen molar-refractivity contribution < 1.29 is 14.2 Å². The molecule has 0 spiro atoms. The Bertz CT molecular complexity index is 547. The SMILES string of the molecule is COc1cc(NC2C3CCOC3C2(C)C)c(OC)cc1Cl. The highest BCUT2D eigenvalue weighted by Crippen LogP contribution is 2.54. The van der Waals surface area contributed by atoms with Gasteiger partial charge in [-0.15, -0.1) is 0 Å². The average Bonchev–Trinajstić information content (AvgIpc) is 2.92. The highest BCUT2D eigenvalue weighted by atomic mass is 35.5. The second kappa shape index (κ2) is 5.25. The van der Waals surface area contributed by atoms with Crippen molar-refractivity contribution in [2.75, 3.05) is 26.1 Å². The molecule has 0 radical (unpaired) electrons. The van der Waals surface area contributed by atoms with Gasteiger partial charge in [-0.25, -0.2) is 0 Å². The summed E-state index contributed by atoms with van der Waals surface area (Å²) >= 11 is 6.16. The van der Waals surface area contributed by atoms with Crippen LogP contribution in [0.3, 0.4) is 0 Å². The van der Waals surface area contributed by atoms with Crippen LogP contribution in [0.4, 0.5) is 5.69 Å². The van der Waals surface area contributed by atoms with Gasteiger partial charge in [0.15, 0.2) is 0 Å². The third kappa shape index (κ3) is 2.25. The van der Waals surface area contributed by atoms with Gasteiger partial charge in [-0.3, -0.25) is 0 Å². The molecule has 21 heavy (non-hydrogen) atoms. The Morgan fingerprint density at radius 3 is 2.62 bits per heavy atom. The Labute approximate surface area is 130 Å². The summed E-state index contributed by atoms with van der Waals surface area (Å²) in [4.78, 5) is 0. The van der Waals surface area contributed by atoms with Gasteiger partial charge in [-0.2, -0.15) is 0 Å². The van der Waals surface area contributed by atoms with Crippen molar-refractivity contribution in [1.82, 2.24) is 0 Å². The summed E-state index contributed by atoms with van der Waals surface area (Å²) in [6, 6.07) is 4.06. The molecule has 1 saturated carbocycles. The van der Waals surface area contributed by atoms with Crippen molar-refractivity contribution >= 4 is 17.3 Å². The number of halogens is 1. The molecule has 1 aromatic carbocycles. The van der Waals surface area contributed by atoms with E-state index in [2.05, 4.69) is 19.2 Å². The number of methoxy groups -OCH3 is 2.